The standard InChI is InChI=1S/C18H24N2O4/c21-18(17-13-23-15-3-1-2-4-16(15)24-17)20-8-6-19(7-9-20)11-14-5-10-22-12-14/h1-4,14,17H,5-13H2/t14-,17+/m0/s1. The summed E-state index contributed by atoms with van der Waals surface area (Å²) < 4.78 is 16.9. The summed E-state index contributed by atoms with van der Waals surface area (Å²) >= 11 is 0. The van der Waals surface area contributed by atoms with Gasteiger partial charge in [-0.05, 0) is 24.5 Å². The molecule has 0 bridgehead atoms. The van der Waals surface area contributed by atoms with Crippen molar-refractivity contribution in [3.63, 3.8) is 0 Å². The zero-order chi connectivity index (χ0) is 16.4. The Morgan fingerprint density at radius 1 is 1.08 bits per heavy atom. The van der Waals surface area contributed by atoms with Crippen LogP contribution in [0.2, 0.25) is 0 Å². The molecule has 130 valence electrons. The molecule has 0 N–H and O–H groups in total. The van der Waals surface area contributed by atoms with E-state index in [1.54, 1.807) is 0 Å². The van der Waals surface area contributed by atoms with Crippen LogP contribution in [-0.4, -0.2) is 74.4 Å². The van der Waals surface area contributed by atoms with Crippen LogP contribution in [0.25, 0.3) is 0 Å². The van der Waals surface area contributed by atoms with Crippen molar-refractivity contribution in [2.45, 2.75) is 12.5 Å². The third-order valence-electron chi connectivity index (χ3n) is 5.01. The molecule has 0 aromatic heterocycles. The van der Waals surface area contributed by atoms with Gasteiger partial charge < -0.3 is 19.1 Å². The van der Waals surface area contributed by atoms with Crippen molar-refractivity contribution >= 4 is 5.91 Å². The molecule has 2 atom stereocenters. The zero-order valence-electron chi connectivity index (χ0n) is 13.9. The summed E-state index contributed by atoms with van der Waals surface area (Å²) in [5, 5.41) is 0. The highest BCUT2D eigenvalue weighted by Crippen LogP contribution is 2.31. The summed E-state index contributed by atoms with van der Waals surface area (Å²) in [6.07, 6.45) is 0.626. The van der Waals surface area contributed by atoms with Crippen LogP contribution in [-0.2, 0) is 9.53 Å². The average Bonchev–Trinajstić information content (AvgIpc) is 3.14. The summed E-state index contributed by atoms with van der Waals surface area (Å²) in [6, 6.07) is 7.50. The fourth-order valence-electron chi connectivity index (χ4n) is 3.59. The van der Waals surface area contributed by atoms with Gasteiger partial charge in [-0.25, -0.2) is 0 Å². The van der Waals surface area contributed by atoms with E-state index < -0.39 is 6.10 Å². The highest BCUT2D eigenvalue weighted by Gasteiger charge is 2.33. The molecule has 4 rings (SSSR count). The van der Waals surface area contributed by atoms with Gasteiger partial charge in [-0.3, -0.25) is 9.69 Å². The number of carbonyl (C=O) groups is 1. The SMILES string of the molecule is O=C([C@H]1COc2ccccc2O1)N1CCN(C[C@@H]2CCOC2)CC1. The highest BCUT2D eigenvalue weighted by atomic mass is 16.6. The lowest BCUT2D eigenvalue weighted by Gasteiger charge is -2.37. The normalized spacial score (nSPS) is 27.2. The van der Waals surface area contributed by atoms with Gasteiger partial charge >= 0.3 is 0 Å². The van der Waals surface area contributed by atoms with Crippen molar-refractivity contribution in [1.82, 2.24) is 9.80 Å². The number of rotatable bonds is 3. The monoisotopic (exact) mass is 332 g/mol. The van der Waals surface area contributed by atoms with Crippen molar-refractivity contribution < 1.29 is 19.0 Å². The number of benzene rings is 1. The van der Waals surface area contributed by atoms with Gasteiger partial charge in [-0.15, -0.1) is 0 Å². The summed E-state index contributed by atoms with van der Waals surface area (Å²) in [6.45, 7) is 6.50. The molecule has 3 aliphatic heterocycles. The second kappa shape index (κ2) is 6.99. The predicted molar refractivity (Wildman–Crippen MR) is 88.3 cm³/mol. The highest BCUT2D eigenvalue weighted by molar-refractivity contribution is 5.82. The lowest BCUT2D eigenvalue weighted by Crippen LogP contribution is -2.54. The Kier molecular flexibility index (Phi) is 4.58. The van der Waals surface area contributed by atoms with Crippen LogP contribution in [0.1, 0.15) is 6.42 Å². The van der Waals surface area contributed by atoms with Crippen LogP contribution in [0.5, 0.6) is 11.5 Å². The number of carbonyl (C=O) groups excluding carboxylic acids is 1. The van der Waals surface area contributed by atoms with Crippen molar-refractivity contribution in [3.05, 3.63) is 24.3 Å². The van der Waals surface area contributed by atoms with Gasteiger partial charge in [0.2, 0.25) is 6.10 Å². The first-order valence-electron chi connectivity index (χ1n) is 8.77. The number of fused-ring (bicyclic) bond motifs is 1. The van der Waals surface area contributed by atoms with Crippen LogP contribution in [0.4, 0.5) is 0 Å². The fraction of sp³-hybridized carbons (Fsp3) is 0.611. The molecule has 0 saturated carbocycles. The van der Waals surface area contributed by atoms with Gasteiger partial charge in [-0.1, -0.05) is 12.1 Å². The Balaban J connectivity index is 1.29. The lowest BCUT2D eigenvalue weighted by atomic mass is 10.1. The number of amides is 1. The lowest BCUT2D eigenvalue weighted by molar-refractivity contribution is -0.143. The molecule has 3 aliphatic rings. The first-order chi connectivity index (χ1) is 11.8. The molecule has 2 fully saturated rings. The molecule has 1 amide bonds. The Labute approximate surface area is 142 Å². The minimum Gasteiger partial charge on any atom is -0.485 e. The maximum absolute atomic E-state index is 12.7. The van der Waals surface area contributed by atoms with Crippen molar-refractivity contribution in [2.24, 2.45) is 5.92 Å². The van der Waals surface area contributed by atoms with Crippen LogP contribution < -0.4 is 9.47 Å². The average molecular weight is 332 g/mol. The summed E-state index contributed by atoms with van der Waals surface area (Å²) in [5.74, 6) is 2.05. The van der Waals surface area contributed by atoms with E-state index in [2.05, 4.69) is 4.90 Å². The predicted octanol–water partition coefficient (Wildman–Crippen LogP) is 1.01. The molecule has 1 aromatic carbocycles. The molecule has 0 spiro atoms. The van der Waals surface area contributed by atoms with Gasteiger partial charge in [0.05, 0.1) is 6.61 Å². The Morgan fingerprint density at radius 2 is 1.88 bits per heavy atom. The summed E-state index contributed by atoms with van der Waals surface area (Å²) in [7, 11) is 0. The molecule has 0 unspecified atom stereocenters. The van der Waals surface area contributed by atoms with Gasteiger partial charge in [-0.2, -0.15) is 0 Å². The quantitative estimate of drug-likeness (QED) is 0.827. The Hall–Kier alpha value is -1.79. The van der Waals surface area contributed by atoms with E-state index in [0.29, 0.717) is 17.4 Å². The zero-order valence-corrected chi connectivity index (χ0v) is 13.9. The summed E-state index contributed by atoms with van der Waals surface area (Å²) in [5.41, 5.74) is 0. The van der Waals surface area contributed by atoms with Crippen LogP contribution in [0.3, 0.4) is 0 Å². The van der Waals surface area contributed by atoms with Crippen LogP contribution in [0, 0.1) is 5.92 Å². The van der Waals surface area contributed by atoms with Gasteiger partial charge in [0.25, 0.3) is 5.91 Å². The minimum atomic E-state index is -0.533. The maximum atomic E-state index is 12.7. The summed E-state index contributed by atoms with van der Waals surface area (Å²) in [4.78, 5) is 17.0. The molecule has 2 saturated heterocycles. The molecule has 6 nitrogen and oxygen atoms in total. The first-order valence-corrected chi connectivity index (χ1v) is 8.77. The minimum absolute atomic E-state index is 0.0355. The third kappa shape index (κ3) is 3.35. The molecule has 0 radical (unpaired) electrons. The fourth-order valence-corrected chi connectivity index (χ4v) is 3.59. The van der Waals surface area contributed by atoms with E-state index in [0.717, 1.165) is 52.4 Å². The van der Waals surface area contributed by atoms with E-state index in [1.807, 2.05) is 29.2 Å². The molecule has 3 heterocycles. The molecule has 6 heteroatoms. The van der Waals surface area contributed by atoms with E-state index >= 15 is 0 Å². The van der Waals surface area contributed by atoms with Gasteiger partial charge in [0.1, 0.15) is 6.61 Å². The maximum Gasteiger partial charge on any atom is 0.267 e. The number of para-hydroxylation sites is 2. The van der Waals surface area contributed by atoms with Gasteiger partial charge in [0.15, 0.2) is 11.5 Å². The number of ether oxygens (including phenoxy) is 3. The van der Waals surface area contributed by atoms with E-state index in [1.165, 1.54) is 0 Å². The Morgan fingerprint density at radius 3 is 2.62 bits per heavy atom. The molecule has 24 heavy (non-hydrogen) atoms. The second-order valence-electron chi connectivity index (χ2n) is 6.72. The largest absolute Gasteiger partial charge is 0.485 e. The molecule has 1 aromatic rings. The number of hydrogen-bond donors (Lipinski definition) is 0. The van der Waals surface area contributed by atoms with Crippen molar-refractivity contribution in [1.29, 1.82) is 0 Å². The number of hydrogen-bond acceptors (Lipinski definition) is 5. The smallest absolute Gasteiger partial charge is 0.267 e. The van der Waals surface area contributed by atoms with Gasteiger partial charge in [0, 0.05) is 39.3 Å². The molecule has 0 aliphatic carbocycles. The van der Waals surface area contributed by atoms with Crippen LogP contribution in [0.15, 0.2) is 24.3 Å². The van der Waals surface area contributed by atoms with E-state index in [-0.39, 0.29) is 12.5 Å². The Bertz CT molecular complexity index is 580. The number of piperazine rings is 1. The van der Waals surface area contributed by atoms with E-state index in [4.69, 9.17) is 14.2 Å². The molecular weight excluding hydrogens is 308 g/mol. The van der Waals surface area contributed by atoms with Crippen LogP contribution >= 0.6 is 0 Å². The van der Waals surface area contributed by atoms with Crippen molar-refractivity contribution in [2.75, 3.05) is 52.5 Å². The number of nitrogens with zero attached hydrogens (tertiary/aromatic N) is 2. The van der Waals surface area contributed by atoms with Crippen molar-refractivity contribution in [3.8, 4) is 11.5 Å². The third-order valence-corrected chi connectivity index (χ3v) is 5.01. The second-order valence-corrected chi connectivity index (χ2v) is 6.72. The van der Waals surface area contributed by atoms with E-state index in [9.17, 15) is 4.79 Å². The topological polar surface area (TPSA) is 51.2 Å². The first kappa shape index (κ1) is 15.7. The molecular formula is C18H24N2O4.